The molecule has 3 saturated heterocycles. The maximum absolute atomic E-state index is 9.88. The first-order valence-corrected chi connectivity index (χ1v) is 14.4. The Kier molecular flexibility index (Phi) is 6.98. The van der Waals surface area contributed by atoms with E-state index in [2.05, 4.69) is 52.3 Å². The first kappa shape index (κ1) is 25.3. The number of ether oxygens (including phenoxy) is 3. The second-order valence-corrected chi connectivity index (χ2v) is 11.1. The van der Waals surface area contributed by atoms with E-state index in [9.17, 15) is 5.26 Å². The predicted octanol–water partition coefficient (Wildman–Crippen LogP) is 4.80. The van der Waals surface area contributed by atoms with Crippen molar-refractivity contribution in [3.63, 3.8) is 0 Å². The molecule has 3 aromatic rings. The number of piperazine rings is 1. The molecule has 0 unspecified atom stereocenters. The highest BCUT2D eigenvalue weighted by Gasteiger charge is 2.29. The number of nitriles is 1. The van der Waals surface area contributed by atoms with Gasteiger partial charge in [0.2, 0.25) is 0 Å². The van der Waals surface area contributed by atoms with Crippen LogP contribution in [0.1, 0.15) is 35.2 Å². The van der Waals surface area contributed by atoms with Crippen molar-refractivity contribution >= 4 is 17.3 Å². The zero-order valence-electron chi connectivity index (χ0n) is 22.7. The molecule has 0 atom stereocenters. The van der Waals surface area contributed by atoms with Gasteiger partial charge in [-0.3, -0.25) is 9.88 Å². The SMILES string of the molecule is N#Cc1cc(-c2ccnc3c2C=C(c2ccc(N4CCN(C5COC5)CC4)cc2)C3)ccc1OC1CCOCC1. The zero-order chi connectivity index (χ0) is 26.9. The van der Waals surface area contributed by atoms with Crippen molar-refractivity contribution in [3.8, 4) is 22.9 Å². The molecule has 7 nitrogen and oxygen atoms in total. The molecule has 0 bridgehead atoms. The van der Waals surface area contributed by atoms with E-state index >= 15 is 0 Å². The van der Waals surface area contributed by atoms with E-state index in [1.165, 1.54) is 16.8 Å². The Morgan fingerprint density at radius 2 is 1.68 bits per heavy atom. The molecule has 204 valence electrons. The van der Waals surface area contributed by atoms with Crippen molar-refractivity contribution in [2.45, 2.75) is 31.4 Å². The molecule has 1 aliphatic carbocycles. The van der Waals surface area contributed by atoms with Crippen LogP contribution in [0.15, 0.2) is 54.7 Å². The fourth-order valence-electron chi connectivity index (χ4n) is 6.19. The largest absolute Gasteiger partial charge is 0.489 e. The number of fused-ring (bicyclic) bond motifs is 1. The van der Waals surface area contributed by atoms with Crippen LogP contribution in [0.2, 0.25) is 0 Å². The van der Waals surface area contributed by atoms with E-state index in [1.54, 1.807) is 0 Å². The van der Waals surface area contributed by atoms with Crippen LogP contribution in [0.5, 0.6) is 5.75 Å². The third kappa shape index (κ3) is 4.99. The molecule has 0 N–H and O–H groups in total. The molecule has 0 amide bonds. The third-order valence-electron chi connectivity index (χ3n) is 8.68. The lowest BCUT2D eigenvalue weighted by molar-refractivity contribution is -0.0660. The Hall–Kier alpha value is -3.70. The maximum Gasteiger partial charge on any atom is 0.137 e. The molecule has 7 rings (SSSR count). The second-order valence-electron chi connectivity index (χ2n) is 11.1. The van der Waals surface area contributed by atoms with Gasteiger partial charge in [0.05, 0.1) is 43.7 Å². The van der Waals surface area contributed by atoms with E-state index in [-0.39, 0.29) is 6.10 Å². The van der Waals surface area contributed by atoms with Crippen LogP contribution in [-0.2, 0) is 15.9 Å². The van der Waals surface area contributed by atoms with Crippen LogP contribution in [0.4, 0.5) is 5.69 Å². The van der Waals surface area contributed by atoms with Crippen LogP contribution < -0.4 is 9.64 Å². The number of anilines is 1. The standard InChI is InChI=1S/C33H34N4O3/c34-20-26-17-24(3-6-33(26)40-29-8-15-38-16-9-29)30-7-10-35-32-19-25(18-31(30)32)23-1-4-27(5-2-23)36-11-13-37(14-12-36)28-21-39-22-28/h1-7,10,17-18,28-29H,8-9,11-16,19,21-22H2. The molecule has 0 saturated carbocycles. The summed E-state index contributed by atoms with van der Waals surface area (Å²) in [4.78, 5) is 9.75. The van der Waals surface area contributed by atoms with Gasteiger partial charge in [-0.15, -0.1) is 0 Å². The minimum Gasteiger partial charge on any atom is -0.489 e. The molecule has 0 radical (unpaired) electrons. The van der Waals surface area contributed by atoms with Crippen molar-refractivity contribution in [1.29, 1.82) is 5.26 Å². The summed E-state index contributed by atoms with van der Waals surface area (Å²) in [6, 6.07) is 20.0. The van der Waals surface area contributed by atoms with Gasteiger partial charge in [0.1, 0.15) is 17.9 Å². The fraction of sp³-hybridized carbons (Fsp3) is 0.394. The lowest BCUT2D eigenvalue weighted by Crippen LogP contribution is -2.56. The highest BCUT2D eigenvalue weighted by atomic mass is 16.5. The number of benzene rings is 2. The van der Waals surface area contributed by atoms with Gasteiger partial charge in [0.15, 0.2) is 0 Å². The van der Waals surface area contributed by atoms with Crippen LogP contribution in [-0.4, -0.2) is 74.6 Å². The van der Waals surface area contributed by atoms with E-state index in [4.69, 9.17) is 19.2 Å². The maximum atomic E-state index is 9.88. The summed E-state index contributed by atoms with van der Waals surface area (Å²) in [6.07, 6.45) is 6.76. The lowest BCUT2D eigenvalue weighted by Gasteiger charge is -2.43. The van der Waals surface area contributed by atoms with E-state index in [0.29, 0.717) is 30.6 Å². The molecule has 1 aromatic heterocycles. The summed E-state index contributed by atoms with van der Waals surface area (Å²) in [7, 11) is 0. The van der Waals surface area contributed by atoms with Gasteiger partial charge in [-0.2, -0.15) is 5.26 Å². The average Bonchev–Trinajstić information content (AvgIpc) is 3.42. The van der Waals surface area contributed by atoms with E-state index in [1.807, 2.05) is 24.4 Å². The average molecular weight is 535 g/mol. The normalized spacial score (nSPS) is 20.0. The predicted molar refractivity (Wildman–Crippen MR) is 155 cm³/mol. The molecular weight excluding hydrogens is 500 g/mol. The number of allylic oxidation sites excluding steroid dienone is 1. The summed E-state index contributed by atoms with van der Waals surface area (Å²) in [5.41, 5.74) is 8.68. The number of rotatable bonds is 6. The lowest BCUT2D eigenvalue weighted by atomic mass is 9.98. The van der Waals surface area contributed by atoms with Gasteiger partial charge in [-0.05, 0) is 58.7 Å². The quantitative estimate of drug-likeness (QED) is 0.450. The summed E-state index contributed by atoms with van der Waals surface area (Å²) < 4.78 is 17.0. The third-order valence-corrected chi connectivity index (χ3v) is 8.68. The number of hydrogen-bond donors (Lipinski definition) is 0. The van der Waals surface area contributed by atoms with Gasteiger partial charge in [-0.1, -0.05) is 18.2 Å². The molecule has 7 heteroatoms. The molecule has 4 aliphatic rings. The molecule has 2 aromatic carbocycles. The Morgan fingerprint density at radius 3 is 2.40 bits per heavy atom. The number of pyridine rings is 1. The smallest absolute Gasteiger partial charge is 0.137 e. The second kappa shape index (κ2) is 11.1. The summed E-state index contributed by atoms with van der Waals surface area (Å²) in [5, 5.41) is 9.88. The molecule has 4 heterocycles. The van der Waals surface area contributed by atoms with Gasteiger partial charge >= 0.3 is 0 Å². The van der Waals surface area contributed by atoms with Crippen LogP contribution in [0, 0.1) is 11.3 Å². The minimum absolute atomic E-state index is 0.0980. The molecule has 40 heavy (non-hydrogen) atoms. The van der Waals surface area contributed by atoms with E-state index in [0.717, 1.165) is 81.0 Å². The molecule has 0 spiro atoms. The minimum atomic E-state index is 0.0980. The Morgan fingerprint density at radius 1 is 0.900 bits per heavy atom. The molecule has 3 aliphatic heterocycles. The molecule has 3 fully saturated rings. The van der Waals surface area contributed by atoms with Crippen molar-refractivity contribution in [2.75, 3.05) is 57.5 Å². The van der Waals surface area contributed by atoms with Crippen molar-refractivity contribution in [1.82, 2.24) is 9.88 Å². The summed E-state index contributed by atoms with van der Waals surface area (Å²) in [6.45, 7) is 7.50. The number of aromatic nitrogens is 1. The first-order chi connectivity index (χ1) is 19.7. The number of hydrogen-bond acceptors (Lipinski definition) is 7. The summed E-state index contributed by atoms with van der Waals surface area (Å²) in [5.74, 6) is 0.652. The first-order valence-electron chi connectivity index (χ1n) is 14.4. The van der Waals surface area contributed by atoms with Gasteiger partial charge in [0, 0.05) is 62.9 Å². The van der Waals surface area contributed by atoms with Crippen LogP contribution >= 0.6 is 0 Å². The zero-order valence-corrected chi connectivity index (χ0v) is 22.7. The molecular formula is C33H34N4O3. The topological polar surface area (TPSA) is 70.9 Å². The van der Waals surface area contributed by atoms with E-state index < -0.39 is 0 Å². The van der Waals surface area contributed by atoms with Gasteiger partial charge in [-0.25, -0.2) is 0 Å². The van der Waals surface area contributed by atoms with Crippen molar-refractivity contribution < 1.29 is 14.2 Å². The monoisotopic (exact) mass is 534 g/mol. The number of nitrogens with zero attached hydrogens (tertiary/aromatic N) is 4. The highest BCUT2D eigenvalue weighted by molar-refractivity contribution is 5.93. The van der Waals surface area contributed by atoms with Crippen molar-refractivity contribution in [3.05, 3.63) is 77.1 Å². The van der Waals surface area contributed by atoms with Gasteiger partial charge < -0.3 is 19.1 Å². The Labute approximate surface area is 235 Å². The Bertz CT molecular complexity index is 1440. The van der Waals surface area contributed by atoms with Crippen LogP contribution in [0.3, 0.4) is 0 Å². The summed E-state index contributed by atoms with van der Waals surface area (Å²) >= 11 is 0. The van der Waals surface area contributed by atoms with Crippen LogP contribution in [0.25, 0.3) is 22.8 Å². The van der Waals surface area contributed by atoms with Crippen molar-refractivity contribution in [2.24, 2.45) is 0 Å². The Balaban J connectivity index is 1.08. The fourth-order valence-corrected chi connectivity index (χ4v) is 6.19. The van der Waals surface area contributed by atoms with Gasteiger partial charge in [0.25, 0.3) is 0 Å². The highest BCUT2D eigenvalue weighted by Crippen LogP contribution is 2.38.